The first-order chi connectivity index (χ1) is 6.65. The fraction of sp³-hybridized carbons (Fsp3) is 0.900. The van der Waals surface area contributed by atoms with Gasteiger partial charge in [-0.2, -0.15) is 0 Å². The molecule has 1 heterocycles. The Morgan fingerprint density at radius 1 is 1.64 bits per heavy atom. The second kappa shape index (κ2) is 5.32. The van der Waals surface area contributed by atoms with Crippen LogP contribution in [0.15, 0.2) is 0 Å². The van der Waals surface area contributed by atoms with Crippen molar-refractivity contribution in [3.63, 3.8) is 0 Å². The van der Waals surface area contributed by atoms with Gasteiger partial charge in [-0.1, -0.05) is 13.8 Å². The van der Waals surface area contributed by atoms with Crippen LogP contribution in [0.3, 0.4) is 0 Å². The quantitative estimate of drug-likeness (QED) is 0.592. The minimum atomic E-state index is -0.120. The van der Waals surface area contributed by atoms with Crippen molar-refractivity contribution >= 4 is 5.91 Å². The fourth-order valence-electron chi connectivity index (χ4n) is 1.61. The van der Waals surface area contributed by atoms with Crippen molar-refractivity contribution in [1.82, 2.24) is 10.6 Å². The summed E-state index contributed by atoms with van der Waals surface area (Å²) in [6, 6.07) is -0.173. The molecule has 0 radical (unpaired) electrons. The summed E-state index contributed by atoms with van der Waals surface area (Å²) in [7, 11) is 0. The first-order valence-electron chi connectivity index (χ1n) is 5.29. The predicted molar refractivity (Wildman–Crippen MR) is 54.9 cm³/mol. The summed E-state index contributed by atoms with van der Waals surface area (Å²) in [4.78, 5) is 11.6. The molecule has 2 atom stereocenters. The van der Waals surface area contributed by atoms with Crippen molar-refractivity contribution < 1.29 is 9.90 Å². The van der Waals surface area contributed by atoms with Crippen LogP contribution in [0.2, 0.25) is 0 Å². The zero-order chi connectivity index (χ0) is 10.6. The SMILES string of the molecule is CC(C)[C@@H](CO)NC(=O)[C@H]1CCCN1. The van der Waals surface area contributed by atoms with Gasteiger partial charge in [0, 0.05) is 0 Å². The van der Waals surface area contributed by atoms with Crippen LogP contribution >= 0.6 is 0 Å². The van der Waals surface area contributed by atoms with Crippen molar-refractivity contribution in [2.24, 2.45) is 5.92 Å². The molecule has 0 spiro atoms. The van der Waals surface area contributed by atoms with Gasteiger partial charge >= 0.3 is 0 Å². The van der Waals surface area contributed by atoms with Gasteiger partial charge in [0.05, 0.1) is 18.7 Å². The lowest BCUT2D eigenvalue weighted by atomic mass is 10.0. The van der Waals surface area contributed by atoms with Gasteiger partial charge in [-0.3, -0.25) is 4.79 Å². The topological polar surface area (TPSA) is 61.4 Å². The Bertz CT molecular complexity index is 189. The highest BCUT2D eigenvalue weighted by Gasteiger charge is 2.24. The molecule has 0 saturated carbocycles. The second-order valence-electron chi connectivity index (χ2n) is 4.19. The first kappa shape index (κ1) is 11.5. The molecule has 1 aliphatic rings. The number of carbonyl (C=O) groups excluding carboxylic acids is 1. The maximum absolute atomic E-state index is 11.6. The molecule has 4 heteroatoms. The maximum atomic E-state index is 11.6. The second-order valence-corrected chi connectivity index (χ2v) is 4.19. The minimum Gasteiger partial charge on any atom is -0.394 e. The monoisotopic (exact) mass is 200 g/mol. The molecular weight excluding hydrogens is 180 g/mol. The van der Waals surface area contributed by atoms with Gasteiger partial charge in [-0.05, 0) is 25.3 Å². The highest BCUT2D eigenvalue weighted by Crippen LogP contribution is 2.07. The van der Waals surface area contributed by atoms with Gasteiger partial charge in [0.15, 0.2) is 0 Å². The number of aliphatic hydroxyl groups is 1. The number of rotatable bonds is 4. The molecule has 14 heavy (non-hydrogen) atoms. The summed E-state index contributed by atoms with van der Waals surface area (Å²) in [5.74, 6) is 0.292. The molecular formula is C10H20N2O2. The Labute approximate surface area is 85.1 Å². The van der Waals surface area contributed by atoms with Crippen LogP contribution < -0.4 is 10.6 Å². The van der Waals surface area contributed by atoms with Crippen LogP contribution in [-0.2, 0) is 4.79 Å². The first-order valence-corrected chi connectivity index (χ1v) is 5.29. The fourth-order valence-corrected chi connectivity index (χ4v) is 1.61. The molecule has 82 valence electrons. The molecule has 0 aliphatic carbocycles. The van der Waals surface area contributed by atoms with E-state index >= 15 is 0 Å². The summed E-state index contributed by atoms with van der Waals surface area (Å²) < 4.78 is 0. The molecule has 1 fully saturated rings. The third kappa shape index (κ3) is 2.96. The number of aliphatic hydroxyl groups excluding tert-OH is 1. The highest BCUT2D eigenvalue weighted by atomic mass is 16.3. The van der Waals surface area contributed by atoms with Crippen molar-refractivity contribution in [1.29, 1.82) is 0 Å². The Kier molecular flexibility index (Phi) is 4.35. The van der Waals surface area contributed by atoms with E-state index in [0.29, 0.717) is 0 Å². The third-order valence-corrected chi connectivity index (χ3v) is 2.71. The van der Waals surface area contributed by atoms with Crippen molar-refractivity contribution in [2.45, 2.75) is 38.8 Å². The van der Waals surface area contributed by atoms with Gasteiger partial charge in [0.1, 0.15) is 0 Å². The average molecular weight is 200 g/mol. The van der Waals surface area contributed by atoms with Crippen LogP contribution in [0.1, 0.15) is 26.7 Å². The predicted octanol–water partition coefficient (Wildman–Crippen LogP) is -0.128. The normalized spacial score (nSPS) is 23.9. The van der Waals surface area contributed by atoms with E-state index in [2.05, 4.69) is 10.6 Å². The smallest absolute Gasteiger partial charge is 0.237 e. The van der Waals surface area contributed by atoms with E-state index in [1.807, 2.05) is 13.8 Å². The van der Waals surface area contributed by atoms with Crippen LogP contribution in [0.5, 0.6) is 0 Å². The van der Waals surface area contributed by atoms with Gasteiger partial charge in [0.25, 0.3) is 0 Å². The van der Waals surface area contributed by atoms with E-state index in [0.717, 1.165) is 19.4 Å². The number of amides is 1. The van der Waals surface area contributed by atoms with Crippen LogP contribution in [-0.4, -0.2) is 36.2 Å². The molecule has 1 aliphatic heterocycles. The Balaban J connectivity index is 2.37. The average Bonchev–Trinajstić information content (AvgIpc) is 2.65. The lowest BCUT2D eigenvalue weighted by Gasteiger charge is -2.22. The van der Waals surface area contributed by atoms with E-state index in [4.69, 9.17) is 5.11 Å². The lowest BCUT2D eigenvalue weighted by Crippen LogP contribution is -2.48. The molecule has 0 unspecified atom stereocenters. The molecule has 0 aromatic rings. The molecule has 0 aromatic carbocycles. The standard InChI is InChI=1S/C10H20N2O2/c1-7(2)9(6-13)12-10(14)8-4-3-5-11-8/h7-9,11,13H,3-6H2,1-2H3,(H,12,14)/t8-,9-/m1/s1. The number of hydrogen-bond donors (Lipinski definition) is 3. The molecule has 0 bridgehead atoms. The summed E-state index contributed by atoms with van der Waals surface area (Å²) >= 11 is 0. The minimum absolute atomic E-state index is 0.0100. The lowest BCUT2D eigenvalue weighted by molar-refractivity contribution is -0.124. The molecule has 3 N–H and O–H groups in total. The van der Waals surface area contributed by atoms with Crippen LogP contribution in [0.4, 0.5) is 0 Å². The van der Waals surface area contributed by atoms with Crippen LogP contribution in [0, 0.1) is 5.92 Å². The molecule has 1 rings (SSSR count). The Hall–Kier alpha value is -0.610. The third-order valence-electron chi connectivity index (χ3n) is 2.71. The van der Waals surface area contributed by atoms with E-state index in [1.54, 1.807) is 0 Å². The summed E-state index contributed by atoms with van der Waals surface area (Å²) in [5, 5.41) is 15.0. The van der Waals surface area contributed by atoms with E-state index < -0.39 is 0 Å². The van der Waals surface area contributed by atoms with Gasteiger partial charge in [0.2, 0.25) is 5.91 Å². The molecule has 4 nitrogen and oxygen atoms in total. The zero-order valence-electron chi connectivity index (χ0n) is 8.92. The van der Waals surface area contributed by atoms with Gasteiger partial charge in [-0.15, -0.1) is 0 Å². The Morgan fingerprint density at radius 3 is 2.79 bits per heavy atom. The molecule has 0 aromatic heterocycles. The van der Waals surface area contributed by atoms with Crippen molar-refractivity contribution in [3.8, 4) is 0 Å². The number of nitrogens with one attached hydrogen (secondary N) is 2. The number of hydrogen-bond acceptors (Lipinski definition) is 3. The molecule has 1 saturated heterocycles. The van der Waals surface area contributed by atoms with E-state index in [-0.39, 0.29) is 30.5 Å². The van der Waals surface area contributed by atoms with E-state index in [1.165, 1.54) is 0 Å². The summed E-state index contributed by atoms with van der Waals surface area (Å²) in [5.41, 5.74) is 0. The van der Waals surface area contributed by atoms with Crippen molar-refractivity contribution in [2.75, 3.05) is 13.2 Å². The maximum Gasteiger partial charge on any atom is 0.237 e. The highest BCUT2D eigenvalue weighted by molar-refractivity contribution is 5.82. The summed E-state index contributed by atoms with van der Waals surface area (Å²) in [6.45, 7) is 4.91. The summed E-state index contributed by atoms with van der Waals surface area (Å²) in [6.07, 6.45) is 1.96. The number of carbonyl (C=O) groups is 1. The largest absolute Gasteiger partial charge is 0.394 e. The van der Waals surface area contributed by atoms with Crippen LogP contribution in [0.25, 0.3) is 0 Å². The van der Waals surface area contributed by atoms with Gasteiger partial charge in [-0.25, -0.2) is 0 Å². The van der Waals surface area contributed by atoms with E-state index in [9.17, 15) is 4.79 Å². The van der Waals surface area contributed by atoms with Crippen molar-refractivity contribution in [3.05, 3.63) is 0 Å². The Morgan fingerprint density at radius 2 is 2.36 bits per heavy atom. The molecule has 1 amide bonds. The zero-order valence-corrected chi connectivity index (χ0v) is 8.92. The van der Waals surface area contributed by atoms with Gasteiger partial charge < -0.3 is 15.7 Å².